The maximum absolute atomic E-state index is 13.7. The molecule has 0 spiro atoms. The lowest BCUT2D eigenvalue weighted by Crippen LogP contribution is -2.49. The van der Waals surface area contributed by atoms with Crippen molar-refractivity contribution in [1.82, 2.24) is 35.1 Å². The topological polar surface area (TPSA) is 105 Å². The van der Waals surface area contributed by atoms with Gasteiger partial charge in [-0.3, -0.25) is 9.69 Å². The molecule has 3 aromatic heterocycles. The third-order valence-corrected chi connectivity index (χ3v) is 8.97. The van der Waals surface area contributed by atoms with Crippen molar-refractivity contribution < 1.29 is 4.74 Å². The first kappa shape index (κ1) is 26.3. The molecule has 1 saturated heterocycles. The maximum Gasteiger partial charge on any atom is 0.253 e. The molecule has 0 aliphatic carbocycles. The van der Waals surface area contributed by atoms with Crippen LogP contribution in [0, 0.1) is 0 Å². The summed E-state index contributed by atoms with van der Waals surface area (Å²) in [6.45, 7) is 3.63. The molecule has 212 valence electrons. The van der Waals surface area contributed by atoms with Crippen LogP contribution >= 0.6 is 11.3 Å². The largest absolute Gasteiger partial charge is 0.497 e. The minimum absolute atomic E-state index is 0.160. The molecular formula is C31H30N8O2S. The van der Waals surface area contributed by atoms with Crippen LogP contribution in [0.15, 0.2) is 83.7 Å². The van der Waals surface area contributed by atoms with Gasteiger partial charge in [0, 0.05) is 44.4 Å². The van der Waals surface area contributed by atoms with E-state index in [1.54, 1.807) is 18.4 Å². The summed E-state index contributed by atoms with van der Waals surface area (Å²) in [7, 11) is 1.62. The molecule has 0 saturated carbocycles. The van der Waals surface area contributed by atoms with Crippen LogP contribution in [0.5, 0.6) is 5.75 Å². The highest BCUT2D eigenvalue weighted by Gasteiger charge is 2.33. The lowest BCUT2D eigenvalue weighted by molar-refractivity contribution is 0.199. The van der Waals surface area contributed by atoms with Crippen LogP contribution < -0.4 is 15.2 Å². The fourth-order valence-electron chi connectivity index (χ4n) is 5.64. The van der Waals surface area contributed by atoms with Gasteiger partial charge >= 0.3 is 0 Å². The van der Waals surface area contributed by atoms with E-state index >= 15 is 0 Å². The van der Waals surface area contributed by atoms with Gasteiger partial charge in [0.2, 0.25) is 0 Å². The zero-order valence-electron chi connectivity index (χ0n) is 23.2. The third kappa shape index (κ3) is 5.12. The molecule has 1 atom stereocenters. The van der Waals surface area contributed by atoms with E-state index in [-0.39, 0.29) is 5.56 Å². The summed E-state index contributed by atoms with van der Waals surface area (Å²) in [6.07, 6.45) is 0.783. The minimum Gasteiger partial charge on any atom is -0.497 e. The molecule has 3 aromatic carbocycles. The van der Waals surface area contributed by atoms with Gasteiger partial charge in [0.25, 0.3) is 5.56 Å². The second-order valence-corrected chi connectivity index (χ2v) is 11.4. The predicted octanol–water partition coefficient (Wildman–Crippen LogP) is 4.29. The number of hydrogen-bond donors (Lipinski definition) is 1. The number of methoxy groups -OCH3 is 1. The molecule has 1 N–H and O–H groups in total. The number of aromatic amines is 1. The summed E-state index contributed by atoms with van der Waals surface area (Å²) >= 11 is 1.72. The SMILES string of the molecule is COc1ccc2cc([C@H](c3nnnn3CCc3ccccc3)N3CCN(c4nc5ccccc5s4)CC3)c(=O)[nH]c2c1. The molecular weight excluding hydrogens is 548 g/mol. The quantitative estimate of drug-likeness (QED) is 0.285. The van der Waals surface area contributed by atoms with Gasteiger partial charge in [-0.1, -0.05) is 53.8 Å². The molecule has 0 radical (unpaired) electrons. The monoisotopic (exact) mass is 578 g/mol. The number of pyridine rings is 1. The molecule has 1 aliphatic rings. The fraction of sp³-hybridized carbons (Fsp3) is 0.258. The van der Waals surface area contributed by atoms with Crippen molar-refractivity contribution in [2.24, 2.45) is 0 Å². The number of tetrazole rings is 1. The fourth-order valence-corrected chi connectivity index (χ4v) is 6.66. The number of fused-ring (bicyclic) bond motifs is 2. The van der Waals surface area contributed by atoms with Crippen LogP contribution in [-0.2, 0) is 13.0 Å². The molecule has 6 aromatic rings. The van der Waals surface area contributed by atoms with E-state index in [9.17, 15) is 4.79 Å². The Hall–Kier alpha value is -4.61. The number of piperazine rings is 1. The number of ether oxygens (including phenoxy) is 1. The highest BCUT2D eigenvalue weighted by molar-refractivity contribution is 7.22. The standard InChI is InChI=1S/C31H30N8O2S/c1-41-23-12-11-22-19-24(30(40)32-26(22)20-23)28(29-34-35-36-39(29)14-13-21-7-3-2-4-8-21)37-15-17-38(18-16-37)31-33-25-9-5-6-10-27(25)42-31/h2-12,19-20,28H,13-18H2,1H3,(H,32,40)/t28-/m1/s1. The minimum atomic E-state index is -0.413. The van der Waals surface area contributed by atoms with E-state index in [4.69, 9.17) is 9.72 Å². The van der Waals surface area contributed by atoms with Crippen molar-refractivity contribution >= 4 is 37.6 Å². The number of aryl methyl sites for hydroxylation is 2. The number of benzene rings is 3. The normalized spacial score (nSPS) is 14.9. The number of thiazole rings is 1. The summed E-state index contributed by atoms with van der Waals surface area (Å²) in [6, 6.07) is 25.8. The van der Waals surface area contributed by atoms with Crippen molar-refractivity contribution in [2.75, 3.05) is 38.2 Å². The van der Waals surface area contributed by atoms with Crippen LogP contribution in [0.4, 0.5) is 5.13 Å². The van der Waals surface area contributed by atoms with Gasteiger partial charge in [-0.05, 0) is 58.1 Å². The Morgan fingerprint density at radius 2 is 1.79 bits per heavy atom. The summed E-state index contributed by atoms with van der Waals surface area (Å²) in [5, 5.41) is 14.9. The van der Waals surface area contributed by atoms with E-state index in [1.165, 1.54) is 10.3 Å². The third-order valence-electron chi connectivity index (χ3n) is 7.87. The van der Waals surface area contributed by atoms with Gasteiger partial charge in [-0.2, -0.15) is 0 Å². The van der Waals surface area contributed by atoms with Crippen molar-refractivity contribution in [3.05, 3.63) is 106 Å². The Labute approximate surface area is 246 Å². The van der Waals surface area contributed by atoms with Crippen LogP contribution in [0.25, 0.3) is 21.1 Å². The van der Waals surface area contributed by atoms with E-state index in [0.29, 0.717) is 23.7 Å². The van der Waals surface area contributed by atoms with Crippen LogP contribution in [0.1, 0.15) is 23.0 Å². The highest BCUT2D eigenvalue weighted by atomic mass is 32.1. The van der Waals surface area contributed by atoms with Crippen LogP contribution in [0.3, 0.4) is 0 Å². The van der Waals surface area contributed by atoms with E-state index in [2.05, 4.69) is 54.6 Å². The lowest BCUT2D eigenvalue weighted by Gasteiger charge is -2.38. The van der Waals surface area contributed by atoms with E-state index in [0.717, 1.165) is 54.2 Å². The summed E-state index contributed by atoms with van der Waals surface area (Å²) in [4.78, 5) is 26.3. The van der Waals surface area contributed by atoms with Crippen molar-refractivity contribution in [2.45, 2.75) is 19.0 Å². The number of hydrogen-bond acceptors (Lipinski definition) is 9. The van der Waals surface area contributed by atoms with Crippen LogP contribution in [-0.4, -0.2) is 68.4 Å². The average Bonchev–Trinajstić information content (AvgIpc) is 3.68. The van der Waals surface area contributed by atoms with Crippen molar-refractivity contribution in [1.29, 1.82) is 0 Å². The van der Waals surface area contributed by atoms with E-state index in [1.807, 2.05) is 59.3 Å². The molecule has 7 rings (SSSR count). The summed E-state index contributed by atoms with van der Waals surface area (Å²) < 4.78 is 8.40. The zero-order valence-corrected chi connectivity index (χ0v) is 24.0. The molecule has 1 fully saturated rings. The van der Waals surface area contributed by atoms with Gasteiger partial charge in [-0.15, -0.1) is 5.10 Å². The second kappa shape index (κ2) is 11.3. The van der Waals surface area contributed by atoms with Crippen LogP contribution in [0.2, 0.25) is 0 Å². The maximum atomic E-state index is 13.7. The molecule has 0 unspecified atom stereocenters. The second-order valence-electron chi connectivity index (χ2n) is 10.4. The Morgan fingerprint density at radius 1 is 0.976 bits per heavy atom. The summed E-state index contributed by atoms with van der Waals surface area (Å²) in [5.74, 6) is 1.36. The van der Waals surface area contributed by atoms with Crippen molar-refractivity contribution in [3.8, 4) is 5.75 Å². The Bertz CT molecular complexity index is 1860. The van der Waals surface area contributed by atoms with Gasteiger partial charge in [0.05, 0.1) is 22.8 Å². The lowest BCUT2D eigenvalue weighted by atomic mass is 10.0. The molecule has 4 heterocycles. The van der Waals surface area contributed by atoms with Gasteiger partial charge in [0.15, 0.2) is 11.0 Å². The molecule has 10 nitrogen and oxygen atoms in total. The highest BCUT2D eigenvalue weighted by Crippen LogP contribution is 2.32. The number of nitrogens with one attached hydrogen (secondary N) is 1. The molecule has 42 heavy (non-hydrogen) atoms. The molecule has 11 heteroatoms. The Balaban J connectivity index is 1.22. The number of rotatable bonds is 8. The smallest absolute Gasteiger partial charge is 0.253 e. The number of anilines is 1. The number of H-pyrrole nitrogens is 1. The van der Waals surface area contributed by atoms with Gasteiger partial charge in [0.1, 0.15) is 11.8 Å². The van der Waals surface area contributed by atoms with Gasteiger partial charge in [-0.25, -0.2) is 9.67 Å². The van der Waals surface area contributed by atoms with Crippen molar-refractivity contribution in [3.63, 3.8) is 0 Å². The molecule has 1 aliphatic heterocycles. The first-order valence-electron chi connectivity index (χ1n) is 14.0. The first-order chi connectivity index (χ1) is 20.7. The molecule has 0 amide bonds. The summed E-state index contributed by atoms with van der Waals surface area (Å²) in [5.41, 5.74) is 3.42. The Morgan fingerprint density at radius 3 is 2.60 bits per heavy atom. The average molecular weight is 579 g/mol. The predicted molar refractivity (Wildman–Crippen MR) is 164 cm³/mol. The number of nitrogens with zero attached hydrogens (tertiary/aromatic N) is 7. The zero-order chi connectivity index (χ0) is 28.5. The van der Waals surface area contributed by atoms with E-state index < -0.39 is 6.04 Å². The molecule has 0 bridgehead atoms. The first-order valence-corrected chi connectivity index (χ1v) is 14.8. The Kier molecular flexibility index (Phi) is 7.10. The van der Waals surface area contributed by atoms with Gasteiger partial charge < -0.3 is 14.6 Å². The number of aromatic nitrogens is 6. The number of para-hydroxylation sites is 1.